The minimum absolute atomic E-state index is 0.472. The van der Waals surface area contributed by atoms with Gasteiger partial charge in [0.15, 0.2) is 0 Å². The van der Waals surface area contributed by atoms with Gasteiger partial charge in [-0.25, -0.2) is 4.98 Å². The van der Waals surface area contributed by atoms with Crippen LogP contribution < -0.4 is 15.5 Å². The van der Waals surface area contributed by atoms with Crippen LogP contribution in [0.3, 0.4) is 0 Å². The number of benzene rings is 1. The van der Waals surface area contributed by atoms with Gasteiger partial charge >= 0.3 is 0 Å². The fourth-order valence-corrected chi connectivity index (χ4v) is 3.69. The molecule has 0 unspecified atom stereocenters. The van der Waals surface area contributed by atoms with Crippen LogP contribution in [0.4, 0.5) is 17.5 Å². The highest BCUT2D eigenvalue weighted by Crippen LogP contribution is 2.36. The summed E-state index contributed by atoms with van der Waals surface area (Å²) in [7, 11) is 0. The number of nitrogens with one attached hydrogen (secondary N) is 2. The molecule has 0 bridgehead atoms. The van der Waals surface area contributed by atoms with Gasteiger partial charge < -0.3 is 15.5 Å². The maximum Gasteiger partial charge on any atom is 0.227 e. The number of nitrogens with zero attached hydrogens (tertiary/aromatic N) is 4. The van der Waals surface area contributed by atoms with Crippen molar-refractivity contribution in [2.75, 3.05) is 36.4 Å². The van der Waals surface area contributed by atoms with Gasteiger partial charge in [0.1, 0.15) is 5.82 Å². The van der Waals surface area contributed by atoms with E-state index in [-0.39, 0.29) is 0 Å². The van der Waals surface area contributed by atoms with Crippen molar-refractivity contribution in [3.05, 3.63) is 41.1 Å². The minimum atomic E-state index is 0.472. The van der Waals surface area contributed by atoms with Gasteiger partial charge in [0.2, 0.25) is 5.95 Å². The first-order valence-electron chi connectivity index (χ1n) is 8.40. The van der Waals surface area contributed by atoms with E-state index >= 15 is 0 Å². The Balaban J connectivity index is 1.37. The normalized spacial score (nSPS) is 19.8. The van der Waals surface area contributed by atoms with E-state index in [0.29, 0.717) is 5.41 Å². The van der Waals surface area contributed by atoms with E-state index in [2.05, 4.69) is 43.7 Å². The molecule has 122 valence electrons. The first-order chi connectivity index (χ1) is 11.7. The predicted molar refractivity (Wildman–Crippen MR) is 95.3 cm³/mol. The first kappa shape index (κ1) is 13.9. The van der Waals surface area contributed by atoms with Crippen molar-refractivity contribution in [1.82, 2.24) is 15.3 Å². The first-order valence-corrected chi connectivity index (χ1v) is 8.40. The lowest BCUT2D eigenvalue weighted by atomic mass is 9.75. The molecule has 0 radical (unpaired) electrons. The van der Waals surface area contributed by atoms with E-state index in [0.717, 1.165) is 55.9 Å². The molecule has 1 aromatic heterocycles. The molecule has 2 aromatic rings. The van der Waals surface area contributed by atoms with E-state index in [9.17, 15) is 0 Å². The van der Waals surface area contributed by atoms with Crippen LogP contribution in [0.1, 0.15) is 16.8 Å². The molecular formula is C18H20N6. The zero-order chi connectivity index (χ0) is 16.1. The average molecular weight is 320 g/mol. The monoisotopic (exact) mass is 320 g/mol. The summed E-state index contributed by atoms with van der Waals surface area (Å²) in [6, 6.07) is 8.33. The molecule has 6 nitrogen and oxygen atoms in total. The van der Waals surface area contributed by atoms with Crippen LogP contribution >= 0.6 is 0 Å². The predicted octanol–water partition coefficient (Wildman–Crippen LogP) is 1.87. The molecule has 0 atom stereocenters. The third-order valence-corrected chi connectivity index (χ3v) is 5.09. The topological polar surface area (TPSA) is 65.4 Å². The van der Waals surface area contributed by atoms with Crippen LogP contribution in [0.5, 0.6) is 0 Å². The number of aliphatic imine (C=N–C) groups is 1. The van der Waals surface area contributed by atoms with Gasteiger partial charge in [-0.05, 0) is 30.2 Å². The van der Waals surface area contributed by atoms with Crippen LogP contribution in [-0.4, -0.2) is 42.4 Å². The van der Waals surface area contributed by atoms with E-state index in [4.69, 9.17) is 4.98 Å². The van der Waals surface area contributed by atoms with Crippen molar-refractivity contribution < 1.29 is 0 Å². The van der Waals surface area contributed by atoms with Crippen LogP contribution in [0.2, 0.25) is 0 Å². The molecule has 0 aliphatic carbocycles. The molecule has 5 rings (SSSR count). The average Bonchev–Trinajstić information content (AvgIpc) is 2.91. The van der Waals surface area contributed by atoms with E-state index in [1.807, 2.05) is 19.2 Å². The zero-order valence-corrected chi connectivity index (χ0v) is 13.7. The number of hydrogen-bond donors (Lipinski definition) is 2. The maximum absolute atomic E-state index is 4.72. The summed E-state index contributed by atoms with van der Waals surface area (Å²) in [5, 5.41) is 6.78. The Bertz CT molecular complexity index is 831. The minimum Gasteiger partial charge on any atom is -0.340 e. The lowest BCUT2D eigenvalue weighted by molar-refractivity contribution is 0.119. The molecule has 2 fully saturated rings. The number of fused-ring (bicyclic) bond motifs is 1. The third kappa shape index (κ3) is 2.26. The molecule has 3 aliphatic heterocycles. The molecular weight excluding hydrogens is 300 g/mol. The number of aryl methyl sites for hydroxylation is 1. The molecule has 0 amide bonds. The van der Waals surface area contributed by atoms with Gasteiger partial charge in [0.25, 0.3) is 0 Å². The Morgan fingerprint density at radius 2 is 2.04 bits per heavy atom. The fourth-order valence-electron chi connectivity index (χ4n) is 3.69. The molecule has 1 spiro atoms. The van der Waals surface area contributed by atoms with Gasteiger partial charge in [0.05, 0.1) is 6.54 Å². The highest BCUT2D eigenvalue weighted by molar-refractivity contribution is 5.86. The van der Waals surface area contributed by atoms with Gasteiger partial charge in [-0.2, -0.15) is 4.98 Å². The Morgan fingerprint density at radius 1 is 1.17 bits per heavy atom. The summed E-state index contributed by atoms with van der Waals surface area (Å²) >= 11 is 0. The van der Waals surface area contributed by atoms with Gasteiger partial charge in [-0.15, -0.1) is 0 Å². The van der Waals surface area contributed by atoms with E-state index < -0.39 is 0 Å². The Morgan fingerprint density at radius 3 is 2.83 bits per heavy atom. The van der Waals surface area contributed by atoms with Crippen LogP contribution in [-0.2, 0) is 6.54 Å². The summed E-state index contributed by atoms with van der Waals surface area (Å²) in [5.41, 5.74) is 4.96. The maximum atomic E-state index is 4.72. The van der Waals surface area contributed by atoms with Crippen LogP contribution in [0, 0.1) is 12.3 Å². The number of hydrogen-bond acceptors (Lipinski definition) is 6. The molecule has 1 aromatic carbocycles. The second kappa shape index (κ2) is 5.01. The van der Waals surface area contributed by atoms with Crippen LogP contribution in [0.15, 0.2) is 29.3 Å². The summed E-state index contributed by atoms with van der Waals surface area (Å²) in [6.07, 6.45) is 1.93. The summed E-state index contributed by atoms with van der Waals surface area (Å²) < 4.78 is 0. The number of anilines is 3. The van der Waals surface area contributed by atoms with Crippen molar-refractivity contribution in [2.24, 2.45) is 10.4 Å². The third-order valence-electron chi connectivity index (χ3n) is 5.09. The molecule has 24 heavy (non-hydrogen) atoms. The van der Waals surface area contributed by atoms with Crippen molar-refractivity contribution in [1.29, 1.82) is 0 Å². The molecule has 3 aliphatic rings. The SMILES string of the molecule is Cc1cc(Nc2ccc3c(c2)C=NC3)nc(N2CC3(CNC3)C2)n1. The largest absolute Gasteiger partial charge is 0.340 e. The molecule has 0 saturated carbocycles. The van der Waals surface area contributed by atoms with Gasteiger partial charge in [-0.1, -0.05) is 6.07 Å². The van der Waals surface area contributed by atoms with Crippen molar-refractivity contribution in [2.45, 2.75) is 13.5 Å². The number of aromatic nitrogens is 2. The van der Waals surface area contributed by atoms with Crippen molar-refractivity contribution in [3.8, 4) is 0 Å². The van der Waals surface area contributed by atoms with E-state index in [1.165, 1.54) is 11.1 Å². The van der Waals surface area contributed by atoms with Crippen molar-refractivity contribution >= 4 is 23.7 Å². The second-order valence-corrected chi connectivity index (χ2v) is 7.16. The summed E-state index contributed by atoms with van der Waals surface area (Å²) in [4.78, 5) is 15.9. The Hall–Kier alpha value is -2.47. The standard InChI is InChI=1S/C18H20N6/c1-12-4-16(22-15-3-2-13-6-19-7-14(13)5-15)23-17(21-12)24-10-18(11-24)8-20-9-18/h2-5,7,20H,6,8-11H2,1H3,(H,21,22,23). The Labute approximate surface area is 141 Å². The lowest BCUT2D eigenvalue weighted by Gasteiger charge is -2.56. The van der Waals surface area contributed by atoms with Gasteiger partial charge in [0, 0.05) is 55.3 Å². The summed E-state index contributed by atoms with van der Waals surface area (Å²) in [5.74, 6) is 1.68. The molecule has 2 N–H and O–H groups in total. The lowest BCUT2D eigenvalue weighted by Crippen LogP contribution is -2.71. The second-order valence-electron chi connectivity index (χ2n) is 7.16. The highest BCUT2D eigenvalue weighted by Gasteiger charge is 2.48. The molecule has 2 saturated heterocycles. The summed E-state index contributed by atoms with van der Waals surface area (Å²) in [6.45, 7) is 7.16. The van der Waals surface area contributed by atoms with Gasteiger partial charge in [-0.3, -0.25) is 4.99 Å². The smallest absolute Gasteiger partial charge is 0.227 e. The van der Waals surface area contributed by atoms with E-state index in [1.54, 1.807) is 0 Å². The fraction of sp³-hybridized carbons (Fsp3) is 0.389. The molecule has 6 heteroatoms. The highest BCUT2D eigenvalue weighted by atomic mass is 15.3. The van der Waals surface area contributed by atoms with Crippen molar-refractivity contribution in [3.63, 3.8) is 0 Å². The van der Waals surface area contributed by atoms with Crippen LogP contribution in [0.25, 0.3) is 0 Å². The number of rotatable bonds is 3. The quantitative estimate of drug-likeness (QED) is 0.904. The zero-order valence-electron chi connectivity index (χ0n) is 13.7. The Kier molecular flexibility index (Phi) is 2.91. The molecule has 4 heterocycles.